The highest BCUT2D eigenvalue weighted by molar-refractivity contribution is 7.47. The van der Waals surface area contributed by atoms with Crippen molar-refractivity contribution in [2.75, 3.05) is 40.9 Å². The first-order valence-corrected chi connectivity index (χ1v) is 20.0. The smallest absolute Gasteiger partial charge is 0.387 e. The highest BCUT2D eigenvalue weighted by atomic mass is 31.2. The molecule has 0 aliphatic heterocycles. The highest BCUT2D eigenvalue weighted by Crippen LogP contribution is 2.43. The number of hydrogen-bond acceptors (Lipinski definition) is 5. The van der Waals surface area contributed by atoms with Crippen LogP contribution in [-0.2, 0) is 18.4 Å². The van der Waals surface area contributed by atoms with Crippen molar-refractivity contribution in [1.29, 1.82) is 0 Å². The van der Waals surface area contributed by atoms with Gasteiger partial charge in [0.25, 0.3) is 0 Å². The van der Waals surface area contributed by atoms with Crippen LogP contribution in [0.1, 0.15) is 110 Å². The average molecular weight is 706 g/mol. The van der Waals surface area contributed by atoms with Crippen LogP contribution in [0.5, 0.6) is 0 Å². The van der Waals surface area contributed by atoms with E-state index < -0.39 is 20.0 Å². The average Bonchev–Trinajstić information content (AvgIpc) is 3.04. The molecule has 0 aromatic carbocycles. The van der Waals surface area contributed by atoms with Crippen molar-refractivity contribution in [3.63, 3.8) is 0 Å². The molecule has 0 radical (unpaired) electrons. The minimum atomic E-state index is -4.35. The van der Waals surface area contributed by atoms with E-state index >= 15 is 0 Å². The van der Waals surface area contributed by atoms with Crippen molar-refractivity contribution < 1.29 is 32.9 Å². The molecule has 0 aliphatic rings. The molecule has 3 atom stereocenters. The fraction of sp³-hybridized carbons (Fsp3) is 0.625. The summed E-state index contributed by atoms with van der Waals surface area (Å²) in [7, 11) is 1.51. The summed E-state index contributed by atoms with van der Waals surface area (Å²) < 4.78 is 23.3. The van der Waals surface area contributed by atoms with E-state index in [2.05, 4.69) is 92.1 Å². The van der Waals surface area contributed by atoms with E-state index in [-0.39, 0.29) is 19.1 Å². The van der Waals surface area contributed by atoms with E-state index in [1.54, 1.807) is 6.08 Å². The van der Waals surface area contributed by atoms with Gasteiger partial charge in [0.1, 0.15) is 13.2 Å². The number of allylic oxidation sites excluding steroid dienone is 13. The molecule has 9 heteroatoms. The lowest BCUT2D eigenvalue weighted by Crippen LogP contribution is -2.45. The van der Waals surface area contributed by atoms with Gasteiger partial charge in [-0.2, -0.15) is 0 Å². The Kier molecular flexibility index (Phi) is 30.1. The maximum atomic E-state index is 12.7. The van der Waals surface area contributed by atoms with Crippen LogP contribution in [0, 0.1) is 0 Å². The van der Waals surface area contributed by atoms with Crippen molar-refractivity contribution in [2.24, 2.45) is 0 Å². The van der Waals surface area contributed by atoms with Crippen LogP contribution >= 0.6 is 7.82 Å². The van der Waals surface area contributed by atoms with E-state index in [1.807, 2.05) is 27.2 Å². The van der Waals surface area contributed by atoms with E-state index in [9.17, 15) is 19.4 Å². The van der Waals surface area contributed by atoms with Gasteiger partial charge in [0, 0.05) is 6.42 Å². The van der Waals surface area contributed by atoms with Crippen LogP contribution in [0.25, 0.3) is 0 Å². The maximum Gasteiger partial charge on any atom is 0.472 e. The number of amides is 1. The first-order valence-electron chi connectivity index (χ1n) is 18.5. The third-order valence-electron chi connectivity index (χ3n) is 7.35. The van der Waals surface area contributed by atoms with Gasteiger partial charge < -0.3 is 19.8 Å². The molecule has 8 nitrogen and oxygen atoms in total. The molecule has 0 heterocycles. The Morgan fingerprint density at radius 3 is 1.84 bits per heavy atom. The number of carbonyl (C=O) groups excluding carboxylic acids is 1. The maximum absolute atomic E-state index is 12.7. The third kappa shape index (κ3) is 33.9. The minimum absolute atomic E-state index is 0.0438. The summed E-state index contributed by atoms with van der Waals surface area (Å²) in [5.41, 5.74) is 0. The van der Waals surface area contributed by atoms with Gasteiger partial charge in [0.05, 0.1) is 39.9 Å². The normalized spacial score (nSPS) is 15.7. The first kappa shape index (κ1) is 46.7. The number of hydrogen-bond donors (Lipinski definition) is 3. The summed E-state index contributed by atoms with van der Waals surface area (Å²) in [4.78, 5) is 22.9. The number of quaternary nitrogens is 1. The molecule has 0 aliphatic carbocycles. The molecule has 0 saturated heterocycles. The van der Waals surface area contributed by atoms with Crippen molar-refractivity contribution >= 4 is 13.7 Å². The van der Waals surface area contributed by atoms with E-state index in [0.29, 0.717) is 23.9 Å². The summed E-state index contributed by atoms with van der Waals surface area (Å²) >= 11 is 0. The number of nitrogens with zero attached hydrogens (tertiary/aromatic N) is 1. The number of aliphatic hydroxyl groups excluding tert-OH is 1. The van der Waals surface area contributed by atoms with Crippen LogP contribution < -0.4 is 5.32 Å². The second kappa shape index (κ2) is 31.6. The molecule has 0 rings (SSSR count). The molecule has 0 saturated carbocycles. The molecule has 1 amide bonds. The lowest BCUT2D eigenvalue weighted by Gasteiger charge is -2.25. The number of phosphoric ester groups is 1. The molecule has 280 valence electrons. The van der Waals surface area contributed by atoms with Gasteiger partial charge in [-0.15, -0.1) is 0 Å². The van der Waals surface area contributed by atoms with Crippen LogP contribution in [-0.4, -0.2) is 73.4 Å². The monoisotopic (exact) mass is 705 g/mol. The number of aliphatic hydroxyl groups is 1. The Bertz CT molecular complexity index is 1070. The van der Waals surface area contributed by atoms with Gasteiger partial charge in [0.2, 0.25) is 5.91 Å². The standard InChI is InChI=1S/C40H69N2O6P/c1-6-8-10-12-14-16-17-18-19-20-21-22-23-24-25-26-28-30-32-34-40(44)41-38(37-48-49(45,46)47-36-35-42(3,4)5)39(43)33-31-29-27-15-13-11-9-7-2/h8,10,13-16,18-19,21-22,24-25,31,33,38-39,43H,6-7,9,11-12,17,20,23,26-30,32,34-37H2,1-5H3,(H-,41,44,45,46)/p+1/b10-8-,15-13+,16-14-,19-18-,22-21-,25-24-,33-31+. The van der Waals surface area contributed by atoms with Gasteiger partial charge in [-0.05, 0) is 70.6 Å². The van der Waals surface area contributed by atoms with Gasteiger partial charge in [-0.3, -0.25) is 13.8 Å². The second-order valence-electron chi connectivity index (χ2n) is 13.2. The fourth-order valence-electron chi connectivity index (χ4n) is 4.36. The molecule has 3 unspecified atom stereocenters. The van der Waals surface area contributed by atoms with Crippen molar-refractivity contribution in [3.8, 4) is 0 Å². The van der Waals surface area contributed by atoms with Crippen molar-refractivity contribution in [1.82, 2.24) is 5.32 Å². The largest absolute Gasteiger partial charge is 0.472 e. The Balaban J connectivity index is 4.55. The Morgan fingerprint density at radius 1 is 0.714 bits per heavy atom. The number of likely N-dealkylation sites (N-methyl/N-ethyl adjacent to an activating group) is 1. The quantitative estimate of drug-likeness (QED) is 0.0287. The van der Waals surface area contributed by atoms with E-state index in [4.69, 9.17) is 9.05 Å². The topological polar surface area (TPSA) is 105 Å². The van der Waals surface area contributed by atoms with E-state index in [0.717, 1.165) is 70.6 Å². The predicted octanol–water partition coefficient (Wildman–Crippen LogP) is 9.46. The van der Waals surface area contributed by atoms with Crippen LogP contribution in [0.2, 0.25) is 0 Å². The fourth-order valence-corrected chi connectivity index (χ4v) is 5.10. The summed E-state index contributed by atoms with van der Waals surface area (Å²) in [5, 5.41) is 13.6. The van der Waals surface area contributed by atoms with Gasteiger partial charge in [0.15, 0.2) is 0 Å². The third-order valence-corrected chi connectivity index (χ3v) is 8.33. The van der Waals surface area contributed by atoms with Gasteiger partial charge >= 0.3 is 7.82 Å². The van der Waals surface area contributed by atoms with Gasteiger partial charge in [-0.25, -0.2) is 4.57 Å². The van der Waals surface area contributed by atoms with Gasteiger partial charge in [-0.1, -0.05) is 118 Å². The van der Waals surface area contributed by atoms with E-state index in [1.165, 1.54) is 12.8 Å². The zero-order valence-electron chi connectivity index (χ0n) is 31.4. The molecule has 49 heavy (non-hydrogen) atoms. The number of phosphoric acid groups is 1. The van der Waals surface area contributed by atoms with Crippen molar-refractivity contribution in [3.05, 3.63) is 85.1 Å². The Labute approximate surface area is 299 Å². The summed E-state index contributed by atoms with van der Waals surface area (Å²) in [6, 6.07) is -0.882. The molecule has 0 aromatic heterocycles. The molecule has 0 fully saturated rings. The summed E-state index contributed by atoms with van der Waals surface area (Å²) in [6.07, 6.45) is 42.4. The highest BCUT2D eigenvalue weighted by Gasteiger charge is 2.27. The molecular weight excluding hydrogens is 635 g/mol. The predicted molar refractivity (Wildman–Crippen MR) is 207 cm³/mol. The molecular formula is C40H70N2O6P+. The lowest BCUT2D eigenvalue weighted by atomic mass is 10.1. The molecule has 0 bridgehead atoms. The number of carbonyl (C=O) groups is 1. The zero-order valence-corrected chi connectivity index (χ0v) is 32.3. The minimum Gasteiger partial charge on any atom is -0.387 e. The summed E-state index contributed by atoms with van der Waals surface area (Å²) in [5.74, 6) is -0.228. The SMILES string of the molecule is CC/C=C\C/C=C\C/C=C\C/C=C\C/C=C\CCCCCC(=O)NC(COP(=O)(O)OCC[N+](C)(C)C)C(O)/C=C/CC/C=C/CCCC. The number of rotatable bonds is 31. The number of unbranched alkanes of at least 4 members (excludes halogenated alkanes) is 6. The summed E-state index contributed by atoms with van der Waals surface area (Å²) in [6.45, 7) is 4.52. The Hall–Kier alpha value is -2.32. The lowest BCUT2D eigenvalue weighted by molar-refractivity contribution is -0.870. The van der Waals surface area contributed by atoms with Crippen molar-refractivity contribution in [2.45, 2.75) is 122 Å². The molecule has 0 spiro atoms. The van der Waals surface area contributed by atoms with Crippen LogP contribution in [0.3, 0.4) is 0 Å². The van der Waals surface area contributed by atoms with Crippen LogP contribution in [0.4, 0.5) is 0 Å². The van der Waals surface area contributed by atoms with Crippen LogP contribution in [0.15, 0.2) is 85.1 Å². The molecule has 0 aromatic rings. The zero-order chi connectivity index (χ0) is 36.5. The first-order chi connectivity index (χ1) is 23.5. The number of nitrogens with one attached hydrogen (secondary N) is 1. The second-order valence-corrected chi connectivity index (χ2v) is 14.7. The Morgan fingerprint density at radius 2 is 1.24 bits per heavy atom. The molecule has 3 N–H and O–H groups in total.